The number of nitrogens with zero attached hydrogens (tertiary/aromatic N) is 2. The number of nitro groups is 1. The van der Waals surface area contributed by atoms with E-state index >= 15 is 0 Å². The summed E-state index contributed by atoms with van der Waals surface area (Å²) in [6.45, 7) is 1.47. The number of aliphatic hydroxyl groups excluding tert-OH is 1. The summed E-state index contributed by atoms with van der Waals surface area (Å²) in [5, 5.41) is 19.5. The van der Waals surface area contributed by atoms with Gasteiger partial charge in [-0.3, -0.25) is 15.1 Å². The third-order valence-corrected chi connectivity index (χ3v) is 1.48. The van der Waals surface area contributed by atoms with Crippen molar-refractivity contribution in [1.82, 2.24) is 4.98 Å². The number of hydrogen-bond donors (Lipinski definition) is 1. The highest BCUT2D eigenvalue weighted by Gasteiger charge is 2.16. The molecule has 5 heteroatoms. The molecule has 1 N–H and O–H groups in total. The lowest BCUT2D eigenvalue weighted by molar-refractivity contribution is -0.386. The second-order valence-electron chi connectivity index (χ2n) is 2.37. The summed E-state index contributed by atoms with van der Waals surface area (Å²) in [4.78, 5) is 13.4. The standard InChI is InChI=1S/C7H8N2O3/c1-5(10)6-2-3-8-4-7(6)9(11)12/h2-5,10H,1H3/t5-/m0/s1. The number of pyridine rings is 1. The first-order valence-electron chi connectivity index (χ1n) is 3.39. The van der Waals surface area contributed by atoms with Crippen molar-refractivity contribution in [2.45, 2.75) is 13.0 Å². The van der Waals surface area contributed by atoms with Gasteiger partial charge in [-0.05, 0) is 13.0 Å². The van der Waals surface area contributed by atoms with Gasteiger partial charge in [-0.2, -0.15) is 0 Å². The van der Waals surface area contributed by atoms with Gasteiger partial charge >= 0.3 is 0 Å². The zero-order valence-corrected chi connectivity index (χ0v) is 6.47. The van der Waals surface area contributed by atoms with Gasteiger partial charge in [0, 0.05) is 6.20 Å². The molecule has 64 valence electrons. The van der Waals surface area contributed by atoms with Gasteiger partial charge in [0.2, 0.25) is 0 Å². The lowest BCUT2D eigenvalue weighted by Gasteiger charge is -2.03. The topological polar surface area (TPSA) is 76.3 Å². The SMILES string of the molecule is C[C@H](O)c1ccncc1[N+](=O)[O-]. The van der Waals surface area contributed by atoms with E-state index in [2.05, 4.69) is 4.98 Å². The molecule has 0 bridgehead atoms. The predicted molar refractivity (Wildman–Crippen MR) is 41.5 cm³/mol. The van der Waals surface area contributed by atoms with Crippen molar-refractivity contribution in [3.63, 3.8) is 0 Å². The molecule has 1 heterocycles. The fourth-order valence-electron chi connectivity index (χ4n) is 0.903. The molecule has 0 amide bonds. The van der Waals surface area contributed by atoms with E-state index in [4.69, 9.17) is 5.11 Å². The summed E-state index contributed by atoms with van der Waals surface area (Å²) in [5.41, 5.74) is 0.141. The number of aromatic nitrogens is 1. The zero-order valence-electron chi connectivity index (χ0n) is 6.47. The van der Waals surface area contributed by atoms with Crippen LogP contribution in [0.3, 0.4) is 0 Å². The quantitative estimate of drug-likeness (QED) is 0.528. The highest BCUT2D eigenvalue weighted by molar-refractivity contribution is 5.37. The molecule has 0 aromatic carbocycles. The first-order chi connectivity index (χ1) is 5.63. The Morgan fingerprint density at radius 1 is 1.75 bits per heavy atom. The van der Waals surface area contributed by atoms with Crippen LogP contribution < -0.4 is 0 Å². The maximum atomic E-state index is 10.4. The summed E-state index contributed by atoms with van der Waals surface area (Å²) in [7, 11) is 0. The largest absolute Gasteiger partial charge is 0.388 e. The van der Waals surface area contributed by atoms with Crippen LogP contribution in [0.2, 0.25) is 0 Å². The van der Waals surface area contributed by atoms with Crippen molar-refractivity contribution in [2.24, 2.45) is 0 Å². The van der Waals surface area contributed by atoms with E-state index in [1.165, 1.54) is 19.2 Å². The predicted octanol–water partition coefficient (Wildman–Crippen LogP) is 1.04. The molecule has 0 spiro atoms. The van der Waals surface area contributed by atoms with Crippen LogP contribution in [-0.2, 0) is 0 Å². The Kier molecular flexibility index (Phi) is 2.35. The highest BCUT2D eigenvalue weighted by Crippen LogP contribution is 2.22. The molecular weight excluding hydrogens is 160 g/mol. The van der Waals surface area contributed by atoms with Crippen molar-refractivity contribution in [2.75, 3.05) is 0 Å². The maximum Gasteiger partial charge on any atom is 0.293 e. The third-order valence-electron chi connectivity index (χ3n) is 1.48. The average Bonchev–Trinajstić information content (AvgIpc) is 2.04. The van der Waals surface area contributed by atoms with E-state index in [-0.39, 0.29) is 11.3 Å². The van der Waals surface area contributed by atoms with E-state index in [9.17, 15) is 10.1 Å². The Morgan fingerprint density at radius 3 is 2.83 bits per heavy atom. The lowest BCUT2D eigenvalue weighted by atomic mass is 10.1. The van der Waals surface area contributed by atoms with Gasteiger partial charge in [-0.1, -0.05) is 0 Å². The van der Waals surface area contributed by atoms with Crippen LogP contribution in [-0.4, -0.2) is 15.0 Å². The van der Waals surface area contributed by atoms with Crippen LogP contribution in [0.15, 0.2) is 18.5 Å². The first-order valence-corrected chi connectivity index (χ1v) is 3.39. The van der Waals surface area contributed by atoms with Crippen LogP contribution in [0, 0.1) is 10.1 Å². The van der Waals surface area contributed by atoms with Crippen LogP contribution in [0.4, 0.5) is 5.69 Å². The van der Waals surface area contributed by atoms with Gasteiger partial charge in [0.25, 0.3) is 5.69 Å². The Hall–Kier alpha value is -1.49. The van der Waals surface area contributed by atoms with Gasteiger partial charge in [-0.15, -0.1) is 0 Å². The van der Waals surface area contributed by atoms with Crippen LogP contribution in [0.5, 0.6) is 0 Å². The molecule has 0 saturated heterocycles. The molecule has 12 heavy (non-hydrogen) atoms. The molecule has 1 rings (SSSR count). The van der Waals surface area contributed by atoms with E-state index in [1.807, 2.05) is 0 Å². The molecule has 0 radical (unpaired) electrons. The fourth-order valence-corrected chi connectivity index (χ4v) is 0.903. The molecule has 0 fully saturated rings. The molecule has 0 unspecified atom stereocenters. The smallest absolute Gasteiger partial charge is 0.293 e. The monoisotopic (exact) mass is 168 g/mol. The molecule has 5 nitrogen and oxygen atoms in total. The van der Waals surface area contributed by atoms with E-state index in [0.29, 0.717) is 0 Å². The molecule has 0 aliphatic rings. The van der Waals surface area contributed by atoms with Gasteiger partial charge in [-0.25, -0.2) is 0 Å². The average molecular weight is 168 g/mol. The third kappa shape index (κ3) is 1.57. The molecule has 1 aromatic heterocycles. The number of rotatable bonds is 2. The van der Waals surface area contributed by atoms with Crippen LogP contribution in [0.25, 0.3) is 0 Å². The van der Waals surface area contributed by atoms with Crippen molar-refractivity contribution in [1.29, 1.82) is 0 Å². The van der Waals surface area contributed by atoms with Gasteiger partial charge < -0.3 is 5.11 Å². The Balaban J connectivity index is 3.17. The van der Waals surface area contributed by atoms with Crippen LogP contribution >= 0.6 is 0 Å². The maximum absolute atomic E-state index is 10.4. The lowest BCUT2D eigenvalue weighted by Crippen LogP contribution is -1.99. The molecule has 0 saturated carbocycles. The minimum atomic E-state index is -0.839. The van der Waals surface area contributed by atoms with Crippen molar-refractivity contribution in [3.8, 4) is 0 Å². The van der Waals surface area contributed by atoms with E-state index in [0.717, 1.165) is 6.20 Å². The minimum absolute atomic E-state index is 0.146. The van der Waals surface area contributed by atoms with Gasteiger partial charge in [0.15, 0.2) is 0 Å². The molecule has 1 aromatic rings. The zero-order chi connectivity index (χ0) is 9.14. The van der Waals surface area contributed by atoms with E-state index < -0.39 is 11.0 Å². The van der Waals surface area contributed by atoms with Crippen molar-refractivity contribution in [3.05, 3.63) is 34.1 Å². The summed E-state index contributed by atoms with van der Waals surface area (Å²) < 4.78 is 0. The fraction of sp³-hybridized carbons (Fsp3) is 0.286. The summed E-state index contributed by atoms with van der Waals surface area (Å²) in [5.74, 6) is 0. The second-order valence-corrected chi connectivity index (χ2v) is 2.37. The van der Waals surface area contributed by atoms with Gasteiger partial charge in [0.05, 0.1) is 16.6 Å². The van der Waals surface area contributed by atoms with Crippen LogP contribution in [0.1, 0.15) is 18.6 Å². The molecular formula is C7H8N2O3. The Labute approximate surface area is 68.8 Å². The second kappa shape index (κ2) is 3.27. The van der Waals surface area contributed by atoms with E-state index in [1.54, 1.807) is 0 Å². The summed E-state index contributed by atoms with van der Waals surface area (Å²) >= 11 is 0. The molecule has 0 aliphatic carbocycles. The summed E-state index contributed by atoms with van der Waals surface area (Å²) in [6, 6.07) is 1.43. The van der Waals surface area contributed by atoms with Crippen molar-refractivity contribution >= 4 is 5.69 Å². The molecule has 1 atom stereocenters. The number of hydrogen-bond acceptors (Lipinski definition) is 4. The minimum Gasteiger partial charge on any atom is -0.388 e. The van der Waals surface area contributed by atoms with Crippen molar-refractivity contribution < 1.29 is 10.0 Å². The first kappa shape index (κ1) is 8.61. The highest BCUT2D eigenvalue weighted by atomic mass is 16.6. The number of aliphatic hydroxyl groups is 1. The Bertz CT molecular complexity index is 298. The normalized spacial score (nSPS) is 12.5. The Morgan fingerprint density at radius 2 is 2.42 bits per heavy atom. The van der Waals surface area contributed by atoms with Gasteiger partial charge in [0.1, 0.15) is 6.20 Å². The molecule has 0 aliphatic heterocycles. The summed E-state index contributed by atoms with van der Waals surface area (Å²) in [6.07, 6.45) is 1.70.